The third kappa shape index (κ3) is 3.53. The number of nitrogens with one attached hydrogen (secondary N) is 1. The van der Waals surface area contributed by atoms with Crippen molar-refractivity contribution in [3.05, 3.63) is 26.6 Å². The van der Waals surface area contributed by atoms with E-state index in [9.17, 15) is 0 Å². The van der Waals surface area contributed by atoms with Gasteiger partial charge in [-0.2, -0.15) is 0 Å². The van der Waals surface area contributed by atoms with Crippen LogP contribution in [0, 0.1) is 11.8 Å². The van der Waals surface area contributed by atoms with E-state index in [2.05, 4.69) is 63.2 Å². The lowest BCUT2D eigenvalue weighted by Gasteiger charge is -2.20. The maximum atomic E-state index is 5.33. The van der Waals surface area contributed by atoms with E-state index in [0.717, 1.165) is 33.1 Å². The normalized spacial score (nSPS) is 26.7. The van der Waals surface area contributed by atoms with Gasteiger partial charge in [-0.1, -0.05) is 13.8 Å². The zero-order valence-electron chi connectivity index (χ0n) is 11.7. The van der Waals surface area contributed by atoms with Crippen LogP contribution in [-0.4, -0.2) is 13.2 Å². The maximum Gasteiger partial charge on any atom is 0.147 e. The second-order valence-electron chi connectivity index (χ2n) is 5.49. The zero-order valence-corrected chi connectivity index (χ0v) is 14.8. The van der Waals surface area contributed by atoms with Crippen LogP contribution in [0.15, 0.2) is 21.1 Å². The number of hydrogen-bond acceptors (Lipinski definition) is 2. The second-order valence-corrected chi connectivity index (χ2v) is 7.20. The molecule has 106 valence electrons. The van der Waals surface area contributed by atoms with E-state index in [1.165, 1.54) is 18.4 Å². The first-order valence-electron chi connectivity index (χ1n) is 6.78. The SMILES string of the molecule is COc1c(Br)cc(CNC2CCC(C)C2C)cc1Br. The molecule has 0 aliphatic heterocycles. The highest BCUT2D eigenvalue weighted by molar-refractivity contribution is 9.11. The molecule has 1 aliphatic carbocycles. The predicted molar refractivity (Wildman–Crippen MR) is 86.6 cm³/mol. The lowest BCUT2D eigenvalue weighted by Crippen LogP contribution is -2.31. The van der Waals surface area contributed by atoms with Crippen LogP contribution in [0.4, 0.5) is 0 Å². The van der Waals surface area contributed by atoms with Gasteiger partial charge in [0.1, 0.15) is 5.75 Å². The molecule has 0 amide bonds. The fourth-order valence-corrected chi connectivity index (χ4v) is 4.42. The summed E-state index contributed by atoms with van der Waals surface area (Å²) < 4.78 is 7.31. The first kappa shape index (κ1) is 15.3. The third-order valence-electron chi connectivity index (χ3n) is 4.30. The molecule has 3 unspecified atom stereocenters. The van der Waals surface area contributed by atoms with Crippen LogP contribution in [-0.2, 0) is 6.54 Å². The highest BCUT2D eigenvalue weighted by Gasteiger charge is 2.29. The molecule has 3 atom stereocenters. The fourth-order valence-electron chi connectivity index (χ4n) is 2.81. The van der Waals surface area contributed by atoms with Crippen molar-refractivity contribution in [1.29, 1.82) is 0 Å². The molecule has 4 heteroatoms. The minimum absolute atomic E-state index is 0.648. The number of rotatable bonds is 4. The first-order valence-corrected chi connectivity index (χ1v) is 8.36. The summed E-state index contributed by atoms with van der Waals surface area (Å²) >= 11 is 7.10. The van der Waals surface area contributed by atoms with Gasteiger partial charge in [0.05, 0.1) is 16.1 Å². The van der Waals surface area contributed by atoms with Crippen LogP contribution >= 0.6 is 31.9 Å². The van der Waals surface area contributed by atoms with Gasteiger partial charge in [-0.25, -0.2) is 0 Å². The van der Waals surface area contributed by atoms with Gasteiger partial charge < -0.3 is 10.1 Å². The van der Waals surface area contributed by atoms with Gasteiger partial charge in [0.2, 0.25) is 0 Å². The summed E-state index contributed by atoms with van der Waals surface area (Å²) in [7, 11) is 1.68. The first-order chi connectivity index (χ1) is 9.02. The summed E-state index contributed by atoms with van der Waals surface area (Å²) in [6.07, 6.45) is 2.63. The van der Waals surface area contributed by atoms with E-state index in [1.807, 2.05) is 0 Å². The molecule has 2 nitrogen and oxygen atoms in total. The average Bonchev–Trinajstić information content (AvgIpc) is 2.67. The Morgan fingerprint density at radius 3 is 2.32 bits per heavy atom. The van der Waals surface area contributed by atoms with E-state index in [-0.39, 0.29) is 0 Å². The summed E-state index contributed by atoms with van der Waals surface area (Å²) in [4.78, 5) is 0. The maximum absolute atomic E-state index is 5.33. The van der Waals surface area contributed by atoms with E-state index >= 15 is 0 Å². The molecule has 0 saturated heterocycles. The van der Waals surface area contributed by atoms with Crippen LogP contribution in [0.2, 0.25) is 0 Å². The average molecular weight is 391 g/mol. The molecule has 1 aliphatic rings. The van der Waals surface area contributed by atoms with E-state index in [1.54, 1.807) is 7.11 Å². The predicted octanol–water partition coefficient (Wildman–Crippen LogP) is 4.74. The molecule has 1 aromatic carbocycles. The van der Waals surface area contributed by atoms with E-state index in [4.69, 9.17) is 4.74 Å². The monoisotopic (exact) mass is 389 g/mol. The van der Waals surface area contributed by atoms with Crippen LogP contribution in [0.1, 0.15) is 32.3 Å². The Kier molecular flexibility index (Phi) is 5.32. The van der Waals surface area contributed by atoms with Crippen LogP contribution in [0.3, 0.4) is 0 Å². The molecule has 19 heavy (non-hydrogen) atoms. The third-order valence-corrected chi connectivity index (χ3v) is 5.47. The Morgan fingerprint density at radius 2 is 1.84 bits per heavy atom. The molecule has 0 aromatic heterocycles. The van der Waals surface area contributed by atoms with Crippen LogP contribution in [0.25, 0.3) is 0 Å². The molecule has 1 aromatic rings. The Morgan fingerprint density at radius 1 is 1.21 bits per heavy atom. The van der Waals surface area contributed by atoms with Crippen molar-refractivity contribution < 1.29 is 4.74 Å². The van der Waals surface area contributed by atoms with Crippen molar-refractivity contribution in [1.82, 2.24) is 5.32 Å². The van der Waals surface area contributed by atoms with Crippen molar-refractivity contribution in [2.24, 2.45) is 11.8 Å². The molecule has 1 N–H and O–H groups in total. The molecule has 0 radical (unpaired) electrons. The van der Waals surface area contributed by atoms with Gasteiger partial charge >= 0.3 is 0 Å². The van der Waals surface area contributed by atoms with Gasteiger partial charge in [0.25, 0.3) is 0 Å². The van der Waals surface area contributed by atoms with Gasteiger partial charge in [0, 0.05) is 12.6 Å². The fraction of sp³-hybridized carbons (Fsp3) is 0.600. The van der Waals surface area contributed by atoms with Crippen molar-refractivity contribution in [2.45, 2.75) is 39.3 Å². The summed E-state index contributed by atoms with van der Waals surface area (Å²) in [5, 5.41) is 3.69. The molecule has 2 rings (SSSR count). The lowest BCUT2D eigenvalue weighted by molar-refractivity contribution is 0.369. The Balaban J connectivity index is 2.00. The van der Waals surface area contributed by atoms with Crippen molar-refractivity contribution in [3.63, 3.8) is 0 Å². The number of benzene rings is 1. The summed E-state index contributed by atoms with van der Waals surface area (Å²) in [5.74, 6) is 2.46. The molecule has 1 saturated carbocycles. The van der Waals surface area contributed by atoms with Gasteiger partial charge in [-0.05, 0) is 74.2 Å². The number of methoxy groups -OCH3 is 1. The standard InChI is InChI=1S/C15H21Br2NO/c1-9-4-5-14(10(9)2)18-8-11-6-12(16)15(19-3)13(17)7-11/h6-7,9-10,14,18H,4-5,8H2,1-3H3. The van der Waals surface area contributed by atoms with Gasteiger partial charge in [0.15, 0.2) is 0 Å². The van der Waals surface area contributed by atoms with Crippen LogP contribution < -0.4 is 10.1 Å². The molecule has 0 bridgehead atoms. The number of ether oxygens (including phenoxy) is 1. The zero-order chi connectivity index (χ0) is 14.0. The highest BCUT2D eigenvalue weighted by Crippen LogP contribution is 2.35. The Labute approximate surface area is 132 Å². The smallest absolute Gasteiger partial charge is 0.147 e. The van der Waals surface area contributed by atoms with E-state index in [0.29, 0.717) is 6.04 Å². The second kappa shape index (κ2) is 6.59. The Hall–Kier alpha value is -0.0600. The number of hydrogen-bond donors (Lipinski definition) is 1. The molecular weight excluding hydrogens is 370 g/mol. The quantitative estimate of drug-likeness (QED) is 0.801. The number of halogens is 2. The molecule has 1 fully saturated rings. The van der Waals surface area contributed by atoms with Gasteiger partial charge in [-0.15, -0.1) is 0 Å². The molecular formula is C15H21Br2NO. The van der Waals surface area contributed by atoms with E-state index < -0.39 is 0 Å². The topological polar surface area (TPSA) is 21.3 Å². The van der Waals surface area contributed by atoms with Gasteiger partial charge in [-0.3, -0.25) is 0 Å². The van der Waals surface area contributed by atoms with Crippen molar-refractivity contribution >= 4 is 31.9 Å². The van der Waals surface area contributed by atoms with Crippen molar-refractivity contribution in [3.8, 4) is 5.75 Å². The molecule has 0 spiro atoms. The minimum Gasteiger partial charge on any atom is -0.494 e. The largest absolute Gasteiger partial charge is 0.494 e. The summed E-state index contributed by atoms with van der Waals surface area (Å²) in [6, 6.07) is 4.90. The lowest BCUT2D eigenvalue weighted by atomic mass is 9.98. The van der Waals surface area contributed by atoms with Crippen molar-refractivity contribution in [2.75, 3.05) is 7.11 Å². The molecule has 0 heterocycles. The van der Waals surface area contributed by atoms with Crippen LogP contribution in [0.5, 0.6) is 5.75 Å². The minimum atomic E-state index is 0.648. The summed E-state index contributed by atoms with van der Waals surface area (Å²) in [6.45, 7) is 5.62. The Bertz CT molecular complexity index is 427. The highest BCUT2D eigenvalue weighted by atomic mass is 79.9. The summed E-state index contributed by atoms with van der Waals surface area (Å²) in [5.41, 5.74) is 1.27.